The van der Waals surface area contributed by atoms with E-state index >= 15 is 0 Å². The van der Waals surface area contributed by atoms with E-state index in [1.165, 1.54) is 5.69 Å². The first-order valence-corrected chi connectivity index (χ1v) is 9.68. The largest absolute Gasteiger partial charge is 0.481 e. The van der Waals surface area contributed by atoms with Gasteiger partial charge in [0.15, 0.2) is 0 Å². The zero-order valence-corrected chi connectivity index (χ0v) is 15.4. The Bertz CT molecular complexity index is 614. The Labute approximate surface area is 155 Å². The van der Waals surface area contributed by atoms with Crippen LogP contribution in [0.5, 0.6) is 0 Å². The molecular weight excluding hydrogens is 330 g/mol. The average Bonchev–Trinajstić information content (AvgIpc) is 2.68. The minimum absolute atomic E-state index is 0.00309. The molecule has 1 saturated heterocycles. The SMILES string of the molecule is CCC1CN(c2ccccc2)CCN1C(=O)NC1CCC(C(=O)O)CC1. The number of carboxylic acid groups (broad SMARTS) is 1. The molecule has 6 heteroatoms. The predicted octanol–water partition coefficient (Wildman–Crippen LogP) is 2.94. The van der Waals surface area contributed by atoms with E-state index in [1.54, 1.807) is 0 Å². The van der Waals surface area contributed by atoms with Gasteiger partial charge in [0.2, 0.25) is 0 Å². The second-order valence-corrected chi connectivity index (χ2v) is 7.37. The molecule has 0 spiro atoms. The van der Waals surface area contributed by atoms with Crippen LogP contribution in [0, 0.1) is 5.92 Å². The van der Waals surface area contributed by atoms with Crippen molar-refractivity contribution in [3.05, 3.63) is 30.3 Å². The van der Waals surface area contributed by atoms with Crippen LogP contribution in [0.1, 0.15) is 39.0 Å². The maximum atomic E-state index is 12.8. The highest BCUT2D eigenvalue weighted by molar-refractivity contribution is 5.75. The molecule has 3 rings (SSSR count). The molecule has 142 valence electrons. The molecule has 1 unspecified atom stereocenters. The Hall–Kier alpha value is -2.24. The molecule has 1 atom stereocenters. The zero-order valence-electron chi connectivity index (χ0n) is 15.4. The number of hydrogen-bond acceptors (Lipinski definition) is 3. The van der Waals surface area contributed by atoms with E-state index in [2.05, 4.69) is 29.3 Å². The third-order valence-corrected chi connectivity index (χ3v) is 5.74. The fourth-order valence-corrected chi connectivity index (χ4v) is 4.09. The number of nitrogens with one attached hydrogen (secondary N) is 1. The number of urea groups is 1. The molecule has 1 aliphatic carbocycles. The lowest BCUT2D eigenvalue weighted by Crippen LogP contribution is -2.58. The number of amides is 2. The van der Waals surface area contributed by atoms with Crippen LogP contribution in [0.25, 0.3) is 0 Å². The Morgan fingerprint density at radius 1 is 1.12 bits per heavy atom. The van der Waals surface area contributed by atoms with Crippen LogP contribution in [0.2, 0.25) is 0 Å². The second-order valence-electron chi connectivity index (χ2n) is 7.37. The van der Waals surface area contributed by atoms with E-state index < -0.39 is 5.97 Å². The van der Waals surface area contributed by atoms with Gasteiger partial charge < -0.3 is 20.2 Å². The van der Waals surface area contributed by atoms with Gasteiger partial charge in [0.25, 0.3) is 0 Å². The standard InChI is InChI=1S/C20H29N3O3/c1-2-17-14-22(18-6-4-3-5-7-18)12-13-23(17)20(26)21-16-10-8-15(9-11-16)19(24)25/h3-7,15-17H,2,8-14H2,1H3,(H,21,26)(H,24,25). The molecule has 2 N–H and O–H groups in total. The topological polar surface area (TPSA) is 72.9 Å². The molecule has 0 aromatic heterocycles. The number of hydrogen-bond donors (Lipinski definition) is 2. The maximum Gasteiger partial charge on any atom is 0.317 e. The fourth-order valence-electron chi connectivity index (χ4n) is 4.09. The Morgan fingerprint density at radius 3 is 2.42 bits per heavy atom. The minimum atomic E-state index is -0.710. The lowest BCUT2D eigenvalue weighted by Gasteiger charge is -2.43. The first-order chi connectivity index (χ1) is 12.6. The molecule has 2 aliphatic rings. The number of aliphatic carboxylic acids is 1. The molecule has 1 saturated carbocycles. The summed E-state index contributed by atoms with van der Waals surface area (Å²) >= 11 is 0. The molecule has 2 fully saturated rings. The number of nitrogens with zero attached hydrogens (tertiary/aromatic N) is 2. The molecule has 2 amide bonds. The zero-order chi connectivity index (χ0) is 18.5. The van der Waals surface area contributed by atoms with Gasteiger partial charge in [0.05, 0.1) is 12.0 Å². The third kappa shape index (κ3) is 4.29. The van der Waals surface area contributed by atoms with Crippen LogP contribution in [0.4, 0.5) is 10.5 Å². The molecule has 0 radical (unpaired) electrons. The molecule has 1 aliphatic heterocycles. The summed E-state index contributed by atoms with van der Waals surface area (Å²) in [5, 5.41) is 12.2. The number of anilines is 1. The Kier molecular flexibility index (Phi) is 6.01. The van der Waals surface area contributed by atoms with E-state index in [0.717, 1.165) is 32.4 Å². The molecule has 6 nitrogen and oxygen atoms in total. The third-order valence-electron chi connectivity index (χ3n) is 5.74. The monoisotopic (exact) mass is 359 g/mol. The van der Waals surface area contributed by atoms with Crippen LogP contribution in [0.3, 0.4) is 0 Å². The van der Waals surface area contributed by atoms with E-state index in [4.69, 9.17) is 5.11 Å². The number of piperazine rings is 1. The number of carbonyl (C=O) groups excluding carboxylic acids is 1. The summed E-state index contributed by atoms with van der Waals surface area (Å²) in [5.74, 6) is -0.959. The van der Waals surface area contributed by atoms with Crippen LogP contribution in [-0.4, -0.2) is 53.7 Å². The number of para-hydroxylation sites is 1. The van der Waals surface area contributed by atoms with Crippen molar-refractivity contribution >= 4 is 17.7 Å². The summed E-state index contributed by atoms with van der Waals surface area (Å²) in [5.41, 5.74) is 1.21. The lowest BCUT2D eigenvalue weighted by molar-refractivity contribution is -0.142. The summed E-state index contributed by atoms with van der Waals surface area (Å²) in [6.07, 6.45) is 3.73. The van der Waals surface area contributed by atoms with Gasteiger partial charge in [-0.15, -0.1) is 0 Å². The highest BCUT2D eigenvalue weighted by atomic mass is 16.4. The first kappa shape index (κ1) is 18.5. The first-order valence-electron chi connectivity index (χ1n) is 9.68. The van der Waals surface area contributed by atoms with Crippen molar-refractivity contribution in [2.75, 3.05) is 24.5 Å². The number of carboxylic acids is 1. The fraction of sp³-hybridized carbons (Fsp3) is 0.600. The van der Waals surface area contributed by atoms with E-state index in [0.29, 0.717) is 19.4 Å². The van der Waals surface area contributed by atoms with E-state index in [-0.39, 0.29) is 24.0 Å². The van der Waals surface area contributed by atoms with Gasteiger partial charge in [-0.1, -0.05) is 25.1 Å². The molecule has 1 heterocycles. The number of benzene rings is 1. The van der Waals surface area contributed by atoms with Gasteiger partial charge in [0.1, 0.15) is 0 Å². The summed E-state index contributed by atoms with van der Waals surface area (Å²) in [4.78, 5) is 28.1. The highest BCUT2D eigenvalue weighted by Gasteiger charge is 2.32. The van der Waals surface area contributed by atoms with Gasteiger partial charge in [-0.05, 0) is 44.2 Å². The summed E-state index contributed by atoms with van der Waals surface area (Å²) in [7, 11) is 0. The average molecular weight is 359 g/mol. The van der Waals surface area contributed by atoms with Gasteiger partial charge in [-0.25, -0.2) is 4.79 Å². The normalized spacial score (nSPS) is 26.4. The van der Waals surface area contributed by atoms with Crippen molar-refractivity contribution in [2.24, 2.45) is 5.92 Å². The van der Waals surface area contributed by atoms with Crippen molar-refractivity contribution < 1.29 is 14.7 Å². The molecule has 26 heavy (non-hydrogen) atoms. The second kappa shape index (κ2) is 8.43. The summed E-state index contributed by atoms with van der Waals surface area (Å²) < 4.78 is 0. The van der Waals surface area contributed by atoms with Gasteiger partial charge in [-0.2, -0.15) is 0 Å². The smallest absolute Gasteiger partial charge is 0.317 e. The Morgan fingerprint density at radius 2 is 1.81 bits per heavy atom. The van der Waals surface area contributed by atoms with Crippen molar-refractivity contribution in [3.63, 3.8) is 0 Å². The molecule has 1 aromatic rings. The van der Waals surface area contributed by atoms with Gasteiger partial charge in [-0.3, -0.25) is 4.79 Å². The van der Waals surface area contributed by atoms with Crippen molar-refractivity contribution in [2.45, 2.75) is 51.1 Å². The van der Waals surface area contributed by atoms with Crippen LogP contribution < -0.4 is 10.2 Å². The lowest BCUT2D eigenvalue weighted by atomic mass is 9.86. The number of rotatable bonds is 4. The maximum absolute atomic E-state index is 12.8. The molecule has 0 bridgehead atoms. The predicted molar refractivity (Wildman–Crippen MR) is 101 cm³/mol. The van der Waals surface area contributed by atoms with Crippen molar-refractivity contribution in [1.29, 1.82) is 0 Å². The summed E-state index contributed by atoms with van der Waals surface area (Å²) in [6, 6.07) is 10.6. The van der Waals surface area contributed by atoms with E-state index in [9.17, 15) is 9.59 Å². The molecular formula is C20H29N3O3. The van der Waals surface area contributed by atoms with Gasteiger partial charge >= 0.3 is 12.0 Å². The Balaban J connectivity index is 1.54. The van der Waals surface area contributed by atoms with E-state index in [1.807, 2.05) is 23.1 Å². The van der Waals surface area contributed by atoms with Crippen LogP contribution >= 0.6 is 0 Å². The quantitative estimate of drug-likeness (QED) is 0.867. The summed E-state index contributed by atoms with van der Waals surface area (Å²) in [6.45, 7) is 4.51. The van der Waals surface area contributed by atoms with Crippen molar-refractivity contribution in [1.82, 2.24) is 10.2 Å². The van der Waals surface area contributed by atoms with Crippen LogP contribution in [0.15, 0.2) is 30.3 Å². The van der Waals surface area contributed by atoms with Crippen molar-refractivity contribution in [3.8, 4) is 0 Å². The minimum Gasteiger partial charge on any atom is -0.481 e. The highest BCUT2D eigenvalue weighted by Crippen LogP contribution is 2.25. The van der Waals surface area contributed by atoms with Gasteiger partial charge in [0, 0.05) is 31.4 Å². The molecule has 1 aromatic carbocycles. The number of carbonyl (C=O) groups is 2. The van der Waals surface area contributed by atoms with Crippen LogP contribution in [-0.2, 0) is 4.79 Å².